The molecule has 2 aromatic carbocycles. The van der Waals surface area contributed by atoms with Crippen molar-refractivity contribution in [2.24, 2.45) is 23.7 Å². The van der Waals surface area contributed by atoms with Crippen LogP contribution in [0.4, 0.5) is 11.4 Å². The quantitative estimate of drug-likeness (QED) is 0.286. The number of esters is 1. The summed E-state index contributed by atoms with van der Waals surface area (Å²) in [4.78, 5) is 54.3. The summed E-state index contributed by atoms with van der Waals surface area (Å²) in [5.41, 5.74) is 1.04. The van der Waals surface area contributed by atoms with E-state index < -0.39 is 11.9 Å². The molecule has 4 atom stereocenters. The van der Waals surface area contributed by atoms with Gasteiger partial charge in [0.05, 0.1) is 30.6 Å². The number of amides is 3. The van der Waals surface area contributed by atoms with Crippen LogP contribution in [-0.2, 0) is 19.2 Å². The Morgan fingerprint density at radius 1 is 0.971 bits per heavy atom. The van der Waals surface area contributed by atoms with Crippen LogP contribution in [0.25, 0.3) is 0 Å². The number of carbonyl (C=O) groups excluding carboxylic acids is 4. The van der Waals surface area contributed by atoms with Crippen LogP contribution in [-0.4, -0.2) is 37.3 Å². The zero-order valence-electron chi connectivity index (χ0n) is 19.5. The predicted octanol–water partition coefficient (Wildman–Crippen LogP) is 3.36. The van der Waals surface area contributed by atoms with E-state index in [9.17, 15) is 19.2 Å². The zero-order valence-corrected chi connectivity index (χ0v) is 19.5. The first-order valence-corrected chi connectivity index (χ1v) is 11.7. The van der Waals surface area contributed by atoms with Gasteiger partial charge in [-0.1, -0.05) is 31.2 Å². The molecule has 0 unspecified atom stereocenters. The number of ether oxygens (including phenoxy) is 2. The van der Waals surface area contributed by atoms with E-state index in [1.807, 2.05) is 19.1 Å². The highest BCUT2D eigenvalue weighted by Crippen LogP contribution is 2.41. The van der Waals surface area contributed by atoms with E-state index in [0.29, 0.717) is 23.5 Å². The minimum Gasteiger partial charge on any atom is -0.497 e. The monoisotopic (exact) mass is 474 g/mol. The molecule has 2 saturated heterocycles. The van der Waals surface area contributed by atoms with Crippen LogP contribution in [0.2, 0.25) is 0 Å². The van der Waals surface area contributed by atoms with E-state index in [2.05, 4.69) is 0 Å². The summed E-state index contributed by atoms with van der Waals surface area (Å²) in [6.45, 7) is 2.14. The maximum atomic E-state index is 13.1. The molecule has 2 heterocycles. The Kier molecular flexibility index (Phi) is 5.88. The van der Waals surface area contributed by atoms with Crippen molar-refractivity contribution in [1.29, 1.82) is 0 Å². The van der Waals surface area contributed by atoms with Crippen molar-refractivity contribution in [3.05, 3.63) is 60.7 Å². The van der Waals surface area contributed by atoms with Crippen LogP contribution in [0.3, 0.4) is 0 Å². The molecule has 3 amide bonds. The molecular weight excluding hydrogens is 448 g/mol. The van der Waals surface area contributed by atoms with Gasteiger partial charge in [0.2, 0.25) is 17.7 Å². The fourth-order valence-corrected chi connectivity index (χ4v) is 5.18. The van der Waals surface area contributed by atoms with Crippen LogP contribution in [0.1, 0.15) is 19.8 Å². The molecule has 2 aromatic rings. The van der Waals surface area contributed by atoms with Crippen molar-refractivity contribution >= 4 is 35.1 Å². The summed E-state index contributed by atoms with van der Waals surface area (Å²) >= 11 is 0. The Hall–Kier alpha value is -3.94. The maximum absolute atomic E-state index is 13.1. The van der Waals surface area contributed by atoms with Gasteiger partial charge in [-0.3, -0.25) is 19.2 Å². The highest BCUT2D eigenvalue weighted by Gasteiger charge is 2.50. The molecule has 2 fully saturated rings. The standard InChI is InChI=1S/C27H26N2O6/c1-16-6-3-11-22-24(16)26(32)29(25(22)31)19-8-5-10-21(14-19)35-27(33)17-12-23(30)28(15-17)18-7-4-9-20(13-18)34-2/h3-10,13-14,16-17,22,24H,11-12,15H2,1-2H3/t16-,17+,22+,24-/m0/s1. The molecule has 2 aliphatic heterocycles. The molecule has 8 nitrogen and oxygen atoms in total. The number of carbonyl (C=O) groups is 4. The number of anilines is 2. The SMILES string of the molecule is COc1cccc(N2C[C@H](C(=O)Oc3cccc(N4C(=O)[C@H]5[C@@H](C)C=CC[C@H]5C4=O)c3)CC2=O)c1. The van der Waals surface area contributed by atoms with Crippen molar-refractivity contribution < 1.29 is 28.7 Å². The van der Waals surface area contributed by atoms with Gasteiger partial charge in [0.25, 0.3) is 0 Å². The van der Waals surface area contributed by atoms with Crippen LogP contribution in [0.15, 0.2) is 60.7 Å². The first-order chi connectivity index (χ1) is 16.9. The number of imide groups is 1. The van der Waals surface area contributed by atoms with Gasteiger partial charge >= 0.3 is 5.97 Å². The first-order valence-electron chi connectivity index (χ1n) is 11.7. The van der Waals surface area contributed by atoms with E-state index in [1.54, 1.807) is 54.5 Å². The van der Waals surface area contributed by atoms with Gasteiger partial charge in [-0.15, -0.1) is 0 Å². The number of rotatable bonds is 5. The molecule has 5 rings (SSSR count). The molecule has 0 spiro atoms. The van der Waals surface area contributed by atoms with Crippen molar-refractivity contribution in [3.8, 4) is 11.5 Å². The Balaban J connectivity index is 1.29. The van der Waals surface area contributed by atoms with Gasteiger partial charge in [-0.05, 0) is 36.6 Å². The lowest BCUT2D eigenvalue weighted by atomic mass is 9.78. The molecule has 1 aliphatic carbocycles. The molecule has 0 aromatic heterocycles. The molecule has 0 bridgehead atoms. The van der Waals surface area contributed by atoms with Crippen LogP contribution in [0, 0.1) is 23.7 Å². The van der Waals surface area contributed by atoms with Crippen molar-refractivity contribution in [2.75, 3.05) is 23.5 Å². The van der Waals surface area contributed by atoms with Gasteiger partial charge in [0, 0.05) is 30.8 Å². The molecule has 0 saturated carbocycles. The third-order valence-electron chi connectivity index (χ3n) is 6.99. The number of fused-ring (bicyclic) bond motifs is 1. The van der Waals surface area contributed by atoms with Gasteiger partial charge < -0.3 is 14.4 Å². The Labute approximate surface area is 203 Å². The van der Waals surface area contributed by atoms with Crippen LogP contribution >= 0.6 is 0 Å². The third kappa shape index (κ3) is 4.09. The summed E-state index contributed by atoms with van der Waals surface area (Å²) in [5.74, 6) is -1.70. The Morgan fingerprint density at radius 3 is 2.43 bits per heavy atom. The second-order valence-electron chi connectivity index (χ2n) is 9.19. The summed E-state index contributed by atoms with van der Waals surface area (Å²) in [6, 6.07) is 13.5. The number of methoxy groups -OCH3 is 1. The van der Waals surface area contributed by atoms with Crippen molar-refractivity contribution in [1.82, 2.24) is 0 Å². The van der Waals surface area contributed by atoms with Crippen LogP contribution in [0.5, 0.6) is 11.5 Å². The van der Waals surface area contributed by atoms with Crippen LogP contribution < -0.4 is 19.3 Å². The third-order valence-corrected chi connectivity index (χ3v) is 6.99. The molecular formula is C27H26N2O6. The molecule has 180 valence electrons. The lowest BCUT2D eigenvalue weighted by Gasteiger charge is -2.22. The van der Waals surface area contributed by atoms with Gasteiger partial charge in [0.1, 0.15) is 11.5 Å². The van der Waals surface area contributed by atoms with E-state index >= 15 is 0 Å². The zero-order chi connectivity index (χ0) is 24.7. The lowest BCUT2D eigenvalue weighted by Crippen LogP contribution is -2.31. The van der Waals surface area contributed by atoms with E-state index in [-0.39, 0.29) is 54.2 Å². The number of benzene rings is 2. The number of hydrogen-bond donors (Lipinski definition) is 0. The van der Waals surface area contributed by atoms with Crippen molar-refractivity contribution in [2.45, 2.75) is 19.8 Å². The summed E-state index contributed by atoms with van der Waals surface area (Å²) in [5, 5.41) is 0. The highest BCUT2D eigenvalue weighted by molar-refractivity contribution is 6.22. The second kappa shape index (κ2) is 9.02. The Morgan fingerprint density at radius 2 is 1.69 bits per heavy atom. The van der Waals surface area contributed by atoms with E-state index in [0.717, 1.165) is 0 Å². The smallest absolute Gasteiger partial charge is 0.316 e. The van der Waals surface area contributed by atoms with Gasteiger partial charge in [0.15, 0.2) is 0 Å². The minimum atomic E-state index is -0.637. The Bertz CT molecular complexity index is 1240. The average Bonchev–Trinajstić information content (AvgIpc) is 3.37. The molecule has 0 radical (unpaired) electrons. The molecule has 0 N–H and O–H groups in total. The number of nitrogens with zero attached hydrogens (tertiary/aromatic N) is 2. The fraction of sp³-hybridized carbons (Fsp3) is 0.333. The molecule has 3 aliphatic rings. The molecule has 35 heavy (non-hydrogen) atoms. The van der Waals surface area contributed by atoms with E-state index in [1.165, 1.54) is 11.0 Å². The minimum absolute atomic E-state index is 0.0105. The second-order valence-corrected chi connectivity index (χ2v) is 9.19. The summed E-state index contributed by atoms with van der Waals surface area (Å²) in [7, 11) is 1.55. The lowest BCUT2D eigenvalue weighted by molar-refractivity contribution is -0.139. The summed E-state index contributed by atoms with van der Waals surface area (Å²) < 4.78 is 10.8. The largest absolute Gasteiger partial charge is 0.497 e. The predicted molar refractivity (Wildman–Crippen MR) is 128 cm³/mol. The topological polar surface area (TPSA) is 93.2 Å². The fourth-order valence-electron chi connectivity index (χ4n) is 5.18. The molecule has 8 heteroatoms. The number of allylic oxidation sites excluding steroid dienone is 2. The number of hydrogen-bond acceptors (Lipinski definition) is 6. The van der Waals surface area contributed by atoms with E-state index in [4.69, 9.17) is 9.47 Å². The average molecular weight is 475 g/mol. The van der Waals surface area contributed by atoms with Gasteiger partial charge in [-0.2, -0.15) is 0 Å². The van der Waals surface area contributed by atoms with Gasteiger partial charge in [-0.25, -0.2) is 4.90 Å². The first kappa shape index (κ1) is 22.8. The van der Waals surface area contributed by atoms with Crippen molar-refractivity contribution in [3.63, 3.8) is 0 Å². The summed E-state index contributed by atoms with van der Waals surface area (Å²) in [6.07, 6.45) is 4.51. The highest BCUT2D eigenvalue weighted by atomic mass is 16.5. The maximum Gasteiger partial charge on any atom is 0.316 e. The normalized spacial score (nSPS) is 25.7.